The minimum atomic E-state index is -0.225. The van der Waals surface area contributed by atoms with Crippen LogP contribution < -0.4 is 0 Å². The highest BCUT2D eigenvalue weighted by Gasteiger charge is 2.26. The van der Waals surface area contributed by atoms with Gasteiger partial charge in [-0.15, -0.1) is 10.2 Å². The molecule has 0 aliphatic carbocycles. The van der Waals surface area contributed by atoms with E-state index < -0.39 is 0 Å². The van der Waals surface area contributed by atoms with Crippen LogP contribution in [0.3, 0.4) is 0 Å². The topological polar surface area (TPSA) is 54.2 Å². The van der Waals surface area contributed by atoms with Gasteiger partial charge in [0.05, 0.1) is 6.10 Å². The van der Waals surface area contributed by atoms with Gasteiger partial charge in [-0.1, -0.05) is 6.92 Å². The van der Waals surface area contributed by atoms with Gasteiger partial charge < -0.3 is 14.6 Å². The maximum Gasteiger partial charge on any atom is 0.135 e. The molecule has 2 aliphatic heterocycles. The minimum Gasteiger partial charge on any atom is -0.393 e. The van der Waals surface area contributed by atoms with Gasteiger partial charge in [-0.05, 0) is 31.8 Å². The highest BCUT2D eigenvalue weighted by atomic mass is 16.3. The SMILES string of the molecule is CCN1CCC(Cc2nnc3n2CCC(O)C3)C1. The number of aliphatic hydroxyl groups excluding tert-OH is 1. The van der Waals surface area contributed by atoms with Crippen molar-refractivity contribution in [3.63, 3.8) is 0 Å². The summed E-state index contributed by atoms with van der Waals surface area (Å²) in [6, 6.07) is 0. The fraction of sp³-hybridized carbons (Fsp3) is 0.846. The Labute approximate surface area is 108 Å². The average Bonchev–Trinajstić information content (AvgIpc) is 2.97. The van der Waals surface area contributed by atoms with Crippen LogP contribution in [0.15, 0.2) is 0 Å². The number of aliphatic hydroxyl groups is 1. The maximum atomic E-state index is 9.63. The van der Waals surface area contributed by atoms with Crippen molar-refractivity contribution in [3.05, 3.63) is 11.6 Å². The van der Waals surface area contributed by atoms with Gasteiger partial charge in [0.25, 0.3) is 0 Å². The molecule has 2 atom stereocenters. The summed E-state index contributed by atoms with van der Waals surface area (Å²) in [5.74, 6) is 2.82. The molecule has 1 aromatic heterocycles. The van der Waals surface area contributed by atoms with Crippen LogP contribution in [-0.4, -0.2) is 50.5 Å². The third-order valence-electron chi connectivity index (χ3n) is 4.30. The van der Waals surface area contributed by atoms with Crippen molar-refractivity contribution in [3.8, 4) is 0 Å². The summed E-state index contributed by atoms with van der Waals surface area (Å²) >= 11 is 0. The lowest BCUT2D eigenvalue weighted by atomic mass is 10.0. The number of fused-ring (bicyclic) bond motifs is 1. The zero-order chi connectivity index (χ0) is 12.5. The first-order valence-corrected chi connectivity index (χ1v) is 7.07. The van der Waals surface area contributed by atoms with Crippen molar-refractivity contribution < 1.29 is 5.11 Å². The predicted octanol–water partition coefficient (Wildman–Crippen LogP) is 0.469. The summed E-state index contributed by atoms with van der Waals surface area (Å²) in [7, 11) is 0. The second kappa shape index (κ2) is 4.97. The highest BCUT2D eigenvalue weighted by Crippen LogP contribution is 2.22. The van der Waals surface area contributed by atoms with E-state index >= 15 is 0 Å². The lowest BCUT2D eigenvalue weighted by Crippen LogP contribution is -2.25. The fourth-order valence-corrected chi connectivity index (χ4v) is 3.15. The largest absolute Gasteiger partial charge is 0.393 e. The third-order valence-corrected chi connectivity index (χ3v) is 4.30. The van der Waals surface area contributed by atoms with E-state index in [2.05, 4.69) is 26.6 Å². The van der Waals surface area contributed by atoms with Crippen LogP contribution in [0.25, 0.3) is 0 Å². The van der Waals surface area contributed by atoms with E-state index in [9.17, 15) is 5.11 Å². The van der Waals surface area contributed by atoms with E-state index in [4.69, 9.17) is 0 Å². The molecule has 0 spiro atoms. The van der Waals surface area contributed by atoms with Crippen molar-refractivity contribution in [2.75, 3.05) is 19.6 Å². The smallest absolute Gasteiger partial charge is 0.135 e. The Balaban J connectivity index is 1.67. The summed E-state index contributed by atoms with van der Waals surface area (Å²) in [6.45, 7) is 6.68. The van der Waals surface area contributed by atoms with E-state index in [0.717, 1.165) is 43.5 Å². The lowest BCUT2D eigenvalue weighted by molar-refractivity contribution is 0.141. The number of hydrogen-bond acceptors (Lipinski definition) is 4. The number of rotatable bonds is 3. The van der Waals surface area contributed by atoms with Crippen LogP contribution in [0, 0.1) is 5.92 Å². The van der Waals surface area contributed by atoms with Gasteiger partial charge in [0.1, 0.15) is 11.6 Å². The molecule has 5 heteroatoms. The van der Waals surface area contributed by atoms with Gasteiger partial charge in [0.15, 0.2) is 0 Å². The Morgan fingerprint density at radius 1 is 1.28 bits per heavy atom. The van der Waals surface area contributed by atoms with Crippen LogP contribution in [0.2, 0.25) is 0 Å². The summed E-state index contributed by atoms with van der Waals surface area (Å²) in [6.07, 6.45) is 3.59. The van der Waals surface area contributed by atoms with Crippen molar-refractivity contribution in [1.29, 1.82) is 0 Å². The monoisotopic (exact) mass is 250 g/mol. The molecule has 0 aromatic carbocycles. The van der Waals surface area contributed by atoms with E-state index in [1.54, 1.807) is 0 Å². The van der Waals surface area contributed by atoms with Crippen molar-refractivity contribution in [2.45, 2.75) is 45.3 Å². The Morgan fingerprint density at radius 2 is 2.17 bits per heavy atom. The number of nitrogens with zero attached hydrogens (tertiary/aromatic N) is 4. The van der Waals surface area contributed by atoms with Crippen LogP contribution >= 0.6 is 0 Å². The predicted molar refractivity (Wildman–Crippen MR) is 68.3 cm³/mol. The second-order valence-electron chi connectivity index (χ2n) is 5.58. The maximum absolute atomic E-state index is 9.63. The van der Waals surface area contributed by atoms with Gasteiger partial charge in [-0.2, -0.15) is 0 Å². The fourth-order valence-electron chi connectivity index (χ4n) is 3.15. The third kappa shape index (κ3) is 2.29. The van der Waals surface area contributed by atoms with Crippen LogP contribution in [0.4, 0.5) is 0 Å². The molecule has 5 nitrogen and oxygen atoms in total. The van der Waals surface area contributed by atoms with Crippen molar-refractivity contribution in [1.82, 2.24) is 19.7 Å². The molecular weight excluding hydrogens is 228 g/mol. The molecule has 2 aliphatic rings. The molecule has 1 saturated heterocycles. The molecular formula is C13H22N4O. The van der Waals surface area contributed by atoms with Crippen LogP contribution in [0.5, 0.6) is 0 Å². The minimum absolute atomic E-state index is 0.225. The van der Waals surface area contributed by atoms with E-state index in [1.807, 2.05) is 0 Å². The van der Waals surface area contributed by atoms with E-state index in [0.29, 0.717) is 6.42 Å². The van der Waals surface area contributed by atoms with E-state index in [-0.39, 0.29) is 6.10 Å². The van der Waals surface area contributed by atoms with Gasteiger partial charge in [-0.3, -0.25) is 0 Å². The summed E-state index contributed by atoms with van der Waals surface area (Å²) in [5, 5.41) is 18.2. The Kier molecular flexibility index (Phi) is 3.35. The molecule has 1 aromatic rings. The molecule has 3 rings (SSSR count). The number of aromatic nitrogens is 3. The van der Waals surface area contributed by atoms with Gasteiger partial charge in [-0.25, -0.2) is 0 Å². The standard InChI is InChI=1S/C13H22N4O/c1-2-16-5-3-10(9-16)7-12-14-15-13-8-11(18)4-6-17(12)13/h10-11,18H,2-9H2,1H3. The molecule has 100 valence electrons. The zero-order valence-electron chi connectivity index (χ0n) is 11.0. The van der Waals surface area contributed by atoms with Crippen molar-refractivity contribution in [2.24, 2.45) is 5.92 Å². The molecule has 0 radical (unpaired) electrons. The molecule has 0 bridgehead atoms. The van der Waals surface area contributed by atoms with Gasteiger partial charge in [0, 0.05) is 25.9 Å². The normalized spacial score (nSPS) is 28.6. The second-order valence-corrected chi connectivity index (χ2v) is 5.58. The first-order chi connectivity index (χ1) is 8.76. The molecule has 1 N–H and O–H groups in total. The summed E-state index contributed by atoms with van der Waals surface area (Å²) in [4.78, 5) is 2.50. The summed E-state index contributed by atoms with van der Waals surface area (Å²) in [5.41, 5.74) is 0. The molecule has 1 fully saturated rings. The average molecular weight is 250 g/mol. The quantitative estimate of drug-likeness (QED) is 0.847. The Bertz CT molecular complexity index is 417. The Morgan fingerprint density at radius 3 is 2.94 bits per heavy atom. The molecule has 0 saturated carbocycles. The Hall–Kier alpha value is -0.940. The van der Waals surface area contributed by atoms with Gasteiger partial charge in [0.2, 0.25) is 0 Å². The van der Waals surface area contributed by atoms with Crippen LogP contribution in [0.1, 0.15) is 31.4 Å². The highest BCUT2D eigenvalue weighted by molar-refractivity contribution is 5.02. The number of likely N-dealkylation sites (tertiary alicyclic amines) is 1. The van der Waals surface area contributed by atoms with Gasteiger partial charge >= 0.3 is 0 Å². The van der Waals surface area contributed by atoms with Crippen LogP contribution in [-0.2, 0) is 19.4 Å². The van der Waals surface area contributed by atoms with E-state index in [1.165, 1.54) is 19.5 Å². The van der Waals surface area contributed by atoms with Crippen molar-refractivity contribution >= 4 is 0 Å². The first-order valence-electron chi connectivity index (χ1n) is 7.07. The lowest BCUT2D eigenvalue weighted by Gasteiger charge is -2.20. The molecule has 18 heavy (non-hydrogen) atoms. The first kappa shape index (κ1) is 12.1. The molecule has 0 amide bonds. The summed E-state index contributed by atoms with van der Waals surface area (Å²) < 4.78 is 2.22. The number of hydrogen-bond donors (Lipinski definition) is 1. The zero-order valence-corrected chi connectivity index (χ0v) is 11.0. The molecule has 2 unspecified atom stereocenters. The molecule has 3 heterocycles.